The van der Waals surface area contributed by atoms with Gasteiger partial charge in [-0.25, -0.2) is 0 Å². The second-order valence-corrected chi connectivity index (χ2v) is 2.79. The van der Waals surface area contributed by atoms with E-state index in [-0.39, 0.29) is 22.8 Å². The highest BCUT2D eigenvalue weighted by Gasteiger charge is 2.12. The average molecular weight is 169 g/mol. The van der Waals surface area contributed by atoms with Gasteiger partial charge in [-0.1, -0.05) is 0 Å². The largest absolute Gasteiger partial charge is 0.507 e. The molecule has 1 aromatic rings. The fraction of sp³-hybridized carbons (Fsp3) is 0.375. The van der Waals surface area contributed by atoms with Gasteiger partial charge in [-0.2, -0.15) is 0 Å². The summed E-state index contributed by atoms with van der Waals surface area (Å²) in [6, 6.07) is 0. The normalized spacial score (nSPS) is 10.2. The van der Waals surface area contributed by atoms with Crippen molar-refractivity contribution in [2.75, 3.05) is 0 Å². The molecule has 1 heterocycles. The molecule has 0 unspecified atom stereocenters. The summed E-state index contributed by atoms with van der Waals surface area (Å²) in [5.74, 6) is -0.321. The topological polar surface area (TPSA) is 62.5 Å². The van der Waals surface area contributed by atoms with Crippen molar-refractivity contribution in [3.8, 4) is 11.6 Å². The second-order valence-electron chi connectivity index (χ2n) is 2.79. The molecule has 1 rings (SSSR count). The van der Waals surface area contributed by atoms with E-state index >= 15 is 0 Å². The maximum atomic E-state index is 11.2. The molecule has 2 N–H and O–H groups in total. The van der Waals surface area contributed by atoms with Crippen molar-refractivity contribution in [1.29, 1.82) is 0 Å². The maximum Gasteiger partial charge on any atom is 0.259 e. The molecule has 4 nitrogen and oxygen atoms in total. The molecule has 0 saturated heterocycles. The summed E-state index contributed by atoms with van der Waals surface area (Å²) in [7, 11) is 1.46. The smallest absolute Gasteiger partial charge is 0.259 e. The van der Waals surface area contributed by atoms with E-state index < -0.39 is 0 Å². The number of aromatic nitrogens is 1. The molecular formula is C8H11NO3. The van der Waals surface area contributed by atoms with E-state index in [9.17, 15) is 15.0 Å². The first-order valence-corrected chi connectivity index (χ1v) is 3.55. The zero-order valence-electron chi connectivity index (χ0n) is 7.25. The van der Waals surface area contributed by atoms with E-state index in [2.05, 4.69) is 0 Å². The van der Waals surface area contributed by atoms with Gasteiger partial charge in [0, 0.05) is 7.05 Å². The van der Waals surface area contributed by atoms with E-state index in [4.69, 9.17) is 0 Å². The molecule has 0 amide bonds. The number of nitrogens with zero attached hydrogens (tertiary/aromatic N) is 1. The Morgan fingerprint density at radius 2 is 1.67 bits per heavy atom. The molecule has 0 radical (unpaired) electrons. The third-order valence-corrected chi connectivity index (χ3v) is 1.99. The van der Waals surface area contributed by atoms with Crippen molar-refractivity contribution < 1.29 is 10.2 Å². The summed E-state index contributed by atoms with van der Waals surface area (Å²) in [5.41, 5.74) is 0.206. The van der Waals surface area contributed by atoms with Gasteiger partial charge in [-0.3, -0.25) is 9.36 Å². The average Bonchev–Trinajstić information content (AvgIpc) is 2.08. The number of hydrogen-bond acceptors (Lipinski definition) is 3. The molecule has 12 heavy (non-hydrogen) atoms. The molecular weight excluding hydrogens is 158 g/mol. The lowest BCUT2D eigenvalue weighted by Crippen LogP contribution is -2.19. The molecule has 66 valence electrons. The maximum absolute atomic E-state index is 11.2. The lowest BCUT2D eigenvalue weighted by atomic mass is 10.2. The summed E-state index contributed by atoms with van der Waals surface area (Å²) >= 11 is 0. The first-order chi connectivity index (χ1) is 5.46. The van der Waals surface area contributed by atoms with Crippen LogP contribution in [-0.2, 0) is 7.05 Å². The predicted octanol–water partition coefficient (Wildman–Crippen LogP) is 0.413. The molecule has 0 atom stereocenters. The van der Waals surface area contributed by atoms with Crippen LogP contribution in [0, 0.1) is 13.8 Å². The van der Waals surface area contributed by atoms with Gasteiger partial charge in [-0.05, 0) is 13.8 Å². The lowest BCUT2D eigenvalue weighted by Gasteiger charge is -2.08. The van der Waals surface area contributed by atoms with Crippen LogP contribution in [0.1, 0.15) is 11.1 Å². The monoisotopic (exact) mass is 169 g/mol. The third-order valence-electron chi connectivity index (χ3n) is 1.99. The molecule has 0 aliphatic heterocycles. The number of rotatable bonds is 0. The molecule has 0 saturated carbocycles. The van der Waals surface area contributed by atoms with E-state index in [1.807, 2.05) is 0 Å². The highest BCUT2D eigenvalue weighted by Crippen LogP contribution is 2.24. The van der Waals surface area contributed by atoms with Crippen molar-refractivity contribution in [3.05, 3.63) is 21.5 Å². The summed E-state index contributed by atoms with van der Waals surface area (Å²) in [6.07, 6.45) is 0. The standard InChI is InChI=1S/C8H11NO3/c1-4-6(10)5(2)8(12)9(3)7(4)11/h10-11H,1-3H3. The van der Waals surface area contributed by atoms with Gasteiger partial charge in [0.05, 0.1) is 11.1 Å². The lowest BCUT2D eigenvalue weighted by molar-refractivity contribution is 0.400. The fourth-order valence-electron chi connectivity index (χ4n) is 1.09. The van der Waals surface area contributed by atoms with E-state index in [0.29, 0.717) is 5.56 Å². The Kier molecular flexibility index (Phi) is 1.84. The van der Waals surface area contributed by atoms with Crippen molar-refractivity contribution in [2.24, 2.45) is 7.05 Å². The summed E-state index contributed by atoms with van der Waals surface area (Å²) in [5, 5.41) is 18.6. The molecule has 0 fully saturated rings. The molecule has 0 aliphatic rings. The highest BCUT2D eigenvalue weighted by atomic mass is 16.3. The van der Waals surface area contributed by atoms with Crippen LogP contribution in [0.25, 0.3) is 0 Å². The number of pyridine rings is 1. The van der Waals surface area contributed by atoms with Gasteiger partial charge in [0.25, 0.3) is 5.56 Å². The van der Waals surface area contributed by atoms with Crippen molar-refractivity contribution >= 4 is 0 Å². The Balaban J connectivity index is 3.73. The predicted molar refractivity (Wildman–Crippen MR) is 44.5 cm³/mol. The Labute approximate surface area is 69.7 Å². The van der Waals surface area contributed by atoms with Crippen LogP contribution in [0.5, 0.6) is 11.6 Å². The Bertz CT molecular complexity index is 347. The van der Waals surface area contributed by atoms with E-state index in [1.54, 1.807) is 6.92 Å². The zero-order valence-corrected chi connectivity index (χ0v) is 7.25. The van der Waals surface area contributed by atoms with Crippen molar-refractivity contribution in [1.82, 2.24) is 4.57 Å². The van der Waals surface area contributed by atoms with Gasteiger partial charge in [0.1, 0.15) is 5.75 Å². The van der Waals surface area contributed by atoms with Crippen LogP contribution in [0.2, 0.25) is 0 Å². The van der Waals surface area contributed by atoms with Gasteiger partial charge in [0.2, 0.25) is 0 Å². The molecule has 0 aromatic carbocycles. The summed E-state index contributed by atoms with van der Waals surface area (Å²) < 4.78 is 1.10. The molecule has 1 aromatic heterocycles. The van der Waals surface area contributed by atoms with Crippen LogP contribution in [0.15, 0.2) is 4.79 Å². The summed E-state index contributed by atoms with van der Waals surface area (Å²) in [4.78, 5) is 11.2. The first kappa shape index (κ1) is 8.64. The third kappa shape index (κ3) is 0.958. The molecule has 4 heteroatoms. The van der Waals surface area contributed by atoms with Gasteiger partial charge in [0.15, 0.2) is 5.88 Å². The van der Waals surface area contributed by atoms with Crippen LogP contribution >= 0.6 is 0 Å². The molecule has 0 spiro atoms. The Morgan fingerprint density at radius 1 is 1.17 bits per heavy atom. The minimum atomic E-state index is -0.379. The number of aromatic hydroxyl groups is 2. The highest BCUT2D eigenvalue weighted by molar-refractivity contribution is 5.42. The van der Waals surface area contributed by atoms with Crippen molar-refractivity contribution in [3.63, 3.8) is 0 Å². The fourth-order valence-corrected chi connectivity index (χ4v) is 1.09. The molecule has 0 aliphatic carbocycles. The minimum Gasteiger partial charge on any atom is -0.507 e. The van der Waals surface area contributed by atoms with Crippen LogP contribution in [0.3, 0.4) is 0 Å². The Hall–Kier alpha value is -1.45. The quantitative estimate of drug-likeness (QED) is 0.591. The Morgan fingerprint density at radius 3 is 2.17 bits per heavy atom. The van der Waals surface area contributed by atoms with Crippen LogP contribution < -0.4 is 5.56 Å². The van der Waals surface area contributed by atoms with Gasteiger partial charge in [-0.15, -0.1) is 0 Å². The van der Waals surface area contributed by atoms with Gasteiger partial charge < -0.3 is 10.2 Å². The SMILES string of the molecule is Cc1c(O)c(C)c(=O)n(C)c1O. The summed E-state index contributed by atoms with van der Waals surface area (Å²) in [6.45, 7) is 3.07. The van der Waals surface area contributed by atoms with Gasteiger partial charge >= 0.3 is 0 Å². The van der Waals surface area contributed by atoms with Crippen molar-refractivity contribution in [2.45, 2.75) is 13.8 Å². The second kappa shape index (κ2) is 2.55. The van der Waals surface area contributed by atoms with Crippen LogP contribution in [-0.4, -0.2) is 14.8 Å². The van der Waals surface area contributed by atoms with E-state index in [0.717, 1.165) is 4.57 Å². The minimum absolute atomic E-state index is 0.129. The first-order valence-electron chi connectivity index (χ1n) is 3.55. The molecule has 0 bridgehead atoms. The van der Waals surface area contributed by atoms with E-state index in [1.165, 1.54) is 14.0 Å². The van der Waals surface area contributed by atoms with Crippen LogP contribution in [0.4, 0.5) is 0 Å². The number of hydrogen-bond donors (Lipinski definition) is 2. The zero-order chi connectivity index (χ0) is 9.46.